The Bertz CT molecular complexity index is 823. The molecule has 0 radical (unpaired) electrons. The van der Waals surface area contributed by atoms with Crippen LogP contribution >= 0.6 is 11.3 Å². The summed E-state index contributed by atoms with van der Waals surface area (Å²) in [5.74, 6) is -0.283. The summed E-state index contributed by atoms with van der Waals surface area (Å²) in [6.45, 7) is 1.79. The molecular formula is C17H15N3O2S. The number of carbonyl (C=O) groups is 2. The third kappa shape index (κ3) is 3.54. The quantitative estimate of drug-likeness (QED) is 0.764. The molecule has 1 aromatic heterocycles. The Morgan fingerprint density at radius 3 is 2.48 bits per heavy atom. The second-order valence-electron chi connectivity index (χ2n) is 4.92. The molecule has 3 rings (SSSR count). The third-order valence-corrected chi connectivity index (χ3v) is 4.22. The molecule has 0 aliphatic rings. The Kier molecular flexibility index (Phi) is 4.34. The predicted octanol–water partition coefficient (Wildman–Crippen LogP) is 3.90. The first-order valence-electron chi connectivity index (χ1n) is 7.22. The van der Waals surface area contributed by atoms with Crippen molar-refractivity contribution in [2.45, 2.75) is 13.3 Å². The van der Waals surface area contributed by atoms with Gasteiger partial charge in [0, 0.05) is 17.7 Å². The smallest absolute Gasteiger partial charge is 0.257 e. The fourth-order valence-electron chi connectivity index (χ4n) is 2.05. The topological polar surface area (TPSA) is 71.1 Å². The van der Waals surface area contributed by atoms with Crippen LogP contribution in [0.25, 0.3) is 10.2 Å². The van der Waals surface area contributed by atoms with Crippen LogP contribution in [0.15, 0.2) is 48.5 Å². The number of benzene rings is 2. The first kappa shape index (κ1) is 15.2. The highest BCUT2D eigenvalue weighted by molar-refractivity contribution is 7.22. The standard InChI is InChI=1S/C17H15N3O2S/c1-2-15(21)18-12-9-7-11(8-10-12)16(22)20-17-19-13-5-3-4-6-14(13)23-17/h3-10H,2H2,1H3,(H,18,21)(H,19,20,22). The van der Waals surface area contributed by atoms with E-state index in [9.17, 15) is 9.59 Å². The van der Waals surface area contributed by atoms with E-state index in [2.05, 4.69) is 15.6 Å². The van der Waals surface area contributed by atoms with Gasteiger partial charge in [-0.15, -0.1) is 0 Å². The number of nitrogens with one attached hydrogen (secondary N) is 2. The molecule has 23 heavy (non-hydrogen) atoms. The minimum absolute atomic E-state index is 0.0586. The number of thiazole rings is 1. The number of rotatable bonds is 4. The van der Waals surface area contributed by atoms with Crippen molar-refractivity contribution in [2.75, 3.05) is 10.6 Å². The first-order valence-corrected chi connectivity index (χ1v) is 8.04. The monoisotopic (exact) mass is 325 g/mol. The minimum atomic E-state index is -0.225. The summed E-state index contributed by atoms with van der Waals surface area (Å²) in [4.78, 5) is 28.0. The van der Waals surface area contributed by atoms with E-state index in [0.29, 0.717) is 22.8 Å². The van der Waals surface area contributed by atoms with E-state index in [1.165, 1.54) is 11.3 Å². The number of nitrogens with zero attached hydrogens (tertiary/aromatic N) is 1. The van der Waals surface area contributed by atoms with Gasteiger partial charge < -0.3 is 5.32 Å². The second kappa shape index (κ2) is 6.58. The summed E-state index contributed by atoms with van der Waals surface area (Å²) < 4.78 is 1.03. The van der Waals surface area contributed by atoms with Crippen molar-refractivity contribution in [2.24, 2.45) is 0 Å². The van der Waals surface area contributed by atoms with Gasteiger partial charge in [0.2, 0.25) is 5.91 Å². The molecule has 0 fully saturated rings. The van der Waals surface area contributed by atoms with E-state index < -0.39 is 0 Å². The van der Waals surface area contributed by atoms with Gasteiger partial charge in [-0.1, -0.05) is 30.4 Å². The Balaban J connectivity index is 1.71. The molecule has 6 heteroatoms. The average molecular weight is 325 g/mol. The highest BCUT2D eigenvalue weighted by atomic mass is 32.1. The summed E-state index contributed by atoms with van der Waals surface area (Å²) in [5.41, 5.74) is 2.05. The van der Waals surface area contributed by atoms with Crippen molar-refractivity contribution in [1.82, 2.24) is 4.98 Å². The van der Waals surface area contributed by atoms with Gasteiger partial charge in [-0.2, -0.15) is 0 Å². The zero-order chi connectivity index (χ0) is 16.2. The maximum atomic E-state index is 12.2. The van der Waals surface area contributed by atoms with Crippen molar-refractivity contribution in [3.8, 4) is 0 Å². The van der Waals surface area contributed by atoms with Crippen LogP contribution in [0.2, 0.25) is 0 Å². The van der Waals surface area contributed by atoms with Crippen molar-refractivity contribution in [3.05, 3.63) is 54.1 Å². The molecule has 2 N–H and O–H groups in total. The van der Waals surface area contributed by atoms with Crippen LogP contribution in [0.4, 0.5) is 10.8 Å². The Labute approximate surface area is 137 Å². The third-order valence-electron chi connectivity index (χ3n) is 3.27. The number of carbonyl (C=O) groups excluding carboxylic acids is 2. The number of fused-ring (bicyclic) bond motifs is 1. The van der Waals surface area contributed by atoms with Gasteiger partial charge >= 0.3 is 0 Å². The Morgan fingerprint density at radius 1 is 1.04 bits per heavy atom. The minimum Gasteiger partial charge on any atom is -0.326 e. The highest BCUT2D eigenvalue weighted by Crippen LogP contribution is 2.25. The lowest BCUT2D eigenvalue weighted by Crippen LogP contribution is -2.12. The molecule has 3 aromatic rings. The van der Waals surface area contributed by atoms with Gasteiger partial charge in [0.25, 0.3) is 5.91 Å². The lowest BCUT2D eigenvalue weighted by Gasteiger charge is -2.05. The van der Waals surface area contributed by atoms with E-state index >= 15 is 0 Å². The number of amides is 2. The molecule has 5 nitrogen and oxygen atoms in total. The molecule has 0 spiro atoms. The molecule has 116 valence electrons. The van der Waals surface area contributed by atoms with Gasteiger partial charge in [-0.3, -0.25) is 14.9 Å². The van der Waals surface area contributed by atoms with Crippen LogP contribution in [-0.4, -0.2) is 16.8 Å². The molecule has 0 unspecified atom stereocenters. The molecule has 0 saturated carbocycles. The number of anilines is 2. The average Bonchev–Trinajstić information content (AvgIpc) is 2.97. The first-order chi connectivity index (χ1) is 11.2. The number of hydrogen-bond acceptors (Lipinski definition) is 4. The molecule has 2 aromatic carbocycles. The van der Waals surface area contributed by atoms with E-state index in [0.717, 1.165) is 10.2 Å². The van der Waals surface area contributed by atoms with Crippen LogP contribution in [0.3, 0.4) is 0 Å². The number of hydrogen-bond donors (Lipinski definition) is 2. The summed E-state index contributed by atoms with van der Waals surface area (Å²) in [6.07, 6.45) is 0.417. The maximum absolute atomic E-state index is 12.2. The van der Waals surface area contributed by atoms with Gasteiger partial charge in [-0.05, 0) is 36.4 Å². The SMILES string of the molecule is CCC(=O)Nc1ccc(C(=O)Nc2nc3ccccc3s2)cc1. The normalized spacial score (nSPS) is 10.5. The van der Waals surface area contributed by atoms with Crippen LogP contribution in [0.5, 0.6) is 0 Å². The van der Waals surface area contributed by atoms with Gasteiger partial charge in [-0.25, -0.2) is 4.98 Å². The molecular weight excluding hydrogens is 310 g/mol. The van der Waals surface area contributed by atoms with Crippen molar-refractivity contribution in [1.29, 1.82) is 0 Å². The molecule has 0 atom stereocenters. The molecule has 0 aliphatic carbocycles. The zero-order valence-corrected chi connectivity index (χ0v) is 13.3. The van der Waals surface area contributed by atoms with E-state index in [4.69, 9.17) is 0 Å². The second-order valence-corrected chi connectivity index (χ2v) is 5.95. The van der Waals surface area contributed by atoms with E-state index in [1.807, 2.05) is 24.3 Å². The van der Waals surface area contributed by atoms with E-state index in [-0.39, 0.29) is 11.8 Å². The summed E-state index contributed by atoms with van der Waals surface area (Å²) >= 11 is 1.43. The van der Waals surface area contributed by atoms with E-state index in [1.54, 1.807) is 31.2 Å². The van der Waals surface area contributed by atoms with Crippen LogP contribution < -0.4 is 10.6 Å². The fraction of sp³-hybridized carbons (Fsp3) is 0.118. The van der Waals surface area contributed by atoms with Gasteiger partial charge in [0.1, 0.15) is 0 Å². The number of para-hydroxylation sites is 1. The number of aromatic nitrogens is 1. The molecule has 2 amide bonds. The van der Waals surface area contributed by atoms with Crippen molar-refractivity contribution < 1.29 is 9.59 Å². The van der Waals surface area contributed by atoms with Crippen LogP contribution in [0.1, 0.15) is 23.7 Å². The Morgan fingerprint density at radius 2 is 1.78 bits per heavy atom. The lowest BCUT2D eigenvalue weighted by molar-refractivity contribution is -0.115. The fourth-order valence-corrected chi connectivity index (χ4v) is 2.91. The summed E-state index contributed by atoms with van der Waals surface area (Å²) in [5, 5.41) is 6.11. The highest BCUT2D eigenvalue weighted by Gasteiger charge is 2.10. The van der Waals surface area contributed by atoms with Gasteiger partial charge in [0.15, 0.2) is 5.13 Å². The molecule has 0 saturated heterocycles. The van der Waals surface area contributed by atoms with Crippen molar-refractivity contribution in [3.63, 3.8) is 0 Å². The molecule has 0 aliphatic heterocycles. The van der Waals surface area contributed by atoms with Crippen molar-refractivity contribution >= 4 is 44.2 Å². The zero-order valence-electron chi connectivity index (χ0n) is 12.5. The largest absolute Gasteiger partial charge is 0.326 e. The predicted molar refractivity (Wildman–Crippen MR) is 92.9 cm³/mol. The summed E-state index contributed by atoms with van der Waals surface area (Å²) in [7, 11) is 0. The molecule has 1 heterocycles. The molecule has 0 bridgehead atoms. The van der Waals surface area contributed by atoms with Crippen LogP contribution in [0, 0.1) is 0 Å². The Hall–Kier alpha value is -2.73. The summed E-state index contributed by atoms with van der Waals surface area (Å²) in [6, 6.07) is 14.5. The maximum Gasteiger partial charge on any atom is 0.257 e. The van der Waals surface area contributed by atoms with Crippen LogP contribution in [-0.2, 0) is 4.79 Å². The lowest BCUT2D eigenvalue weighted by atomic mass is 10.2. The van der Waals surface area contributed by atoms with Gasteiger partial charge in [0.05, 0.1) is 10.2 Å².